The fourth-order valence-electron chi connectivity index (χ4n) is 1.64. The summed E-state index contributed by atoms with van der Waals surface area (Å²) in [6.45, 7) is 1.96. The molecule has 0 saturated heterocycles. The largest absolute Gasteiger partial charge is 0.493 e. The Bertz CT molecular complexity index is 521. The molecule has 16 heavy (non-hydrogen) atoms. The third-order valence-electron chi connectivity index (χ3n) is 2.29. The minimum atomic E-state index is 0.612. The van der Waals surface area contributed by atoms with E-state index < -0.39 is 0 Å². The standard InChI is InChI=1S/C11H13NO3S/c1-6-12-7-5-8(13-2)9(14-3)10(15-4)11(7)16-6/h5H,1-4H3. The van der Waals surface area contributed by atoms with Gasteiger partial charge in [-0.15, -0.1) is 11.3 Å². The number of nitrogens with zero attached hydrogens (tertiary/aromatic N) is 1. The Morgan fingerprint density at radius 3 is 2.31 bits per heavy atom. The van der Waals surface area contributed by atoms with Gasteiger partial charge >= 0.3 is 0 Å². The maximum atomic E-state index is 5.37. The van der Waals surface area contributed by atoms with E-state index in [2.05, 4.69) is 4.98 Å². The molecule has 4 nitrogen and oxygen atoms in total. The first kappa shape index (κ1) is 11.0. The molecule has 1 aromatic heterocycles. The average Bonchev–Trinajstić information content (AvgIpc) is 2.66. The number of hydrogen-bond acceptors (Lipinski definition) is 5. The highest BCUT2D eigenvalue weighted by Gasteiger charge is 2.18. The molecular weight excluding hydrogens is 226 g/mol. The van der Waals surface area contributed by atoms with Gasteiger partial charge in [-0.25, -0.2) is 4.98 Å². The van der Waals surface area contributed by atoms with Crippen LogP contribution in [0.3, 0.4) is 0 Å². The van der Waals surface area contributed by atoms with Crippen molar-refractivity contribution in [1.29, 1.82) is 0 Å². The van der Waals surface area contributed by atoms with Crippen LogP contribution in [-0.4, -0.2) is 26.3 Å². The zero-order valence-electron chi connectivity index (χ0n) is 9.66. The number of rotatable bonds is 3. The highest BCUT2D eigenvalue weighted by molar-refractivity contribution is 7.19. The van der Waals surface area contributed by atoms with Crippen molar-refractivity contribution in [3.05, 3.63) is 11.1 Å². The van der Waals surface area contributed by atoms with E-state index in [0.717, 1.165) is 15.2 Å². The molecule has 5 heteroatoms. The number of benzene rings is 1. The molecule has 2 rings (SSSR count). The number of aromatic nitrogens is 1. The van der Waals surface area contributed by atoms with Crippen LogP contribution in [-0.2, 0) is 0 Å². The quantitative estimate of drug-likeness (QED) is 0.825. The van der Waals surface area contributed by atoms with Gasteiger partial charge in [-0.1, -0.05) is 0 Å². The van der Waals surface area contributed by atoms with Crippen LogP contribution in [0.25, 0.3) is 10.2 Å². The minimum absolute atomic E-state index is 0.612. The van der Waals surface area contributed by atoms with Crippen molar-refractivity contribution < 1.29 is 14.2 Å². The Balaban J connectivity index is 2.81. The van der Waals surface area contributed by atoms with Gasteiger partial charge in [0, 0.05) is 6.07 Å². The third kappa shape index (κ3) is 1.57. The molecule has 0 radical (unpaired) electrons. The molecule has 0 aliphatic rings. The number of thiazole rings is 1. The Morgan fingerprint density at radius 2 is 1.75 bits per heavy atom. The summed E-state index contributed by atoms with van der Waals surface area (Å²) < 4.78 is 16.9. The zero-order chi connectivity index (χ0) is 11.7. The fourth-order valence-corrected chi connectivity index (χ4v) is 2.56. The Hall–Kier alpha value is -1.49. The molecule has 0 aliphatic heterocycles. The van der Waals surface area contributed by atoms with Crippen LogP contribution in [0.1, 0.15) is 5.01 Å². The van der Waals surface area contributed by atoms with E-state index in [0.29, 0.717) is 17.2 Å². The number of aryl methyl sites for hydroxylation is 1. The SMILES string of the molecule is COc1cc2nc(C)sc2c(OC)c1OC. The van der Waals surface area contributed by atoms with Gasteiger partial charge in [0.1, 0.15) is 4.70 Å². The van der Waals surface area contributed by atoms with E-state index >= 15 is 0 Å². The number of fused-ring (bicyclic) bond motifs is 1. The summed E-state index contributed by atoms with van der Waals surface area (Å²) in [5.41, 5.74) is 0.872. The molecule has 0 saturated carbocycles. The van der Waals surface area contributed by atoms with Crippen LogP contribution in [0.2, 0.25) is 0 Å². The van der Waals surface area contributed by atoms with E-state index in [1.54, 1.807) is 32.7 Å². The van der Waals surface area contributed by atoms with Crippen molar-refractivity contribution in [1.82, 2.24) is 4.98 Å². The summed E-state index contributed by atoms with van der Waals surface area (Å²) in [6, 6.07) is 1.86. The third-order valence-corrected chi connectivity index (χ3v) is 3.28. The van der Waals surface area contributed by atoms with Crippen molar-refractivity contribution >= 4 is 21.6 Å². The maximum absolute atomic E-state index is 5.37. The van der Waals surface area contributed by atoms with Gasteiger partial charge in [-0.2, -0.15) is 0 Å². The summed E-state index contributed by atoms with van der Waals surface area (Å²) in [7, 11) is 4.81. The monoisotopic (exact) mass is 239 g/mol. The molecule has 86 valence electrons. The minimum Gasteiger partial charge on any atom is -0.493 e. The number of ether oxygens (including phenoxy) is 3. The van der Waals surface area contributed by atoms with E-state index in [9.17, 15) is 0 Å². The van der Waals surface area contributed by atoms with Crippen molar-refractivity contribution in [3.63, 3.8) is 0 Å². The van der Waals surface area contributed by atoms with Crippen molar-refractivity contribution in [2.75, 3.05) is 21.3 Å². The van der Waals surface area contributed by atoms with Gasteiger partial charge in [0.15, 0.2) is 11.5 Å². The van der Waals surface area contributed by atoms with Crippen LogP contribution in [0.15, 0.2) is 6.07 Å². The summed E-state index contributed by atoms with van der Waals surface area (Å²) in [4.78, 5) is 4.41. The van der Waals surface area contributed by atoms with E-state index in [-0.39, 0.29) is 0 Å². The van der Waals surface area contributed by atoms with Crippen LogP contribution >= 0.6 is 11.3 Å². The van der Waals surface area contributed by atoms with Gasteiger partial charge in [0.25, 0.3) is 0 Å². The van der Waals surface area contributed by atoms with Crippen LogP contribution < -0.4 is 14.2 Å². The first-order chi connectivity index (χ1) is 7.71. The molecule has 1 heterocycles. The lowest BCUT2D eigenvalue weighted by Crippen LogP contribution is -1.94. The molecule has 0 spiro atoms. The number of hydrogen-bond donors (Lipinski definition) is 0. The first-order valence-electron chi connectivity index (χ1n) is 4.77. The zero-order valence-corrected chi connectivity index (χ0v) is 10.5. The fraction of sp³-hybridized carbons (Fsp3) is 0.364. The predicted octanol–water partition coefficient (Wildman–Crippen LogP) is 2.63. The smallest absolute Gasteiger partial charge is 0.204 e. The lowest BCUT2D eigenvalue weighted by molar-refractivity contribution is 0.327. The van der Waals surface area contributed by atoms with Gasteiger partial charge in [-0.05, 0) is 6.92 Å². The highest BCUT2D eigenvalue weighted by Crippen LogP contribution is 2.45. The lowest BCUT2D eigenvalue weighted by atomic mass is 10.2. The summed E-state index contributed by atoms with van der Waals surface area (Å²) in [5.74, 6) is 1.93. The highest BCUT2D eigenvalue weighted by atomic mass is 32.1. The molecule has 1 aromatic carbocycles. The summed E-state index contributed by atoms with van der Waals surface area (Å²) >= 11 is 1.58. The Kier molecular flexibility index (Phi) is 2.87. The van der Waals surface area contributed by atoms with Gasteiger partial charge in [0.2, 0.25) is 5.75 Å². The van der Waals surface area contributed by atoms with Gasteiger partial charge in [-0.3, -0.25) is 0 Å². The Labute approximate surface area is 97.8 Å². The van der Waals surface area contributed by atoms with Gasteiger partial charge < -0.3 is 14.2 Å². The number of methoxy groups -OCH3 is 3. The second-order valence-corrected chi connectivity index (χ2v) is 4.43. The summed E-state index contributed by atoms with van der Waals surface area (Å²) in [5, 5.41) is 0.989. The first-order valence-corrected chi connectivity index (χ1v) is 5.59. The van der Waals surface area contributed by atoms with Crippen molar-refractivity contribution in [3.8, 4) is 17.2 Å². The molecule has 0 fully saturated rings. The molecule has 0 aliphatic carbocycles. The van der Waals surface area contributed by atoms with Crippen LogP contribution in [0.5, 0.6) is 17.2 Å². The normalized spacial score (nSPS) is 10.5. The Morgan fingerprint density at radius 1 is 1.06 bits per heavy atom. The van der Waals surface area contributed by atoms with Crippen LogP contribution in [0, 0.1) is 6.92 Å². The van der Waals surface area contributed by atoms with Crippen molar-refractivity contribution in [2.24, 2.45) is 0 Å². The molecular formula is C11H13NO3S. The molecule has 0 amide bonds. The predicted molar refractivity (Wildman–Crippen MR) is 64.0 cm³/mol. The van der Waals surface area contributed by atoms with Crippen LogP contribution in [0.4, 0.5) is 0 Å². The molecule has 2 aromatic rings. The molecule has 0 bridgehead atoms. The molecule has 0 atom stereocenters. The van der Waals surface area contributed by atoms with E-state index in [4.69, 9.17) is 14.2 Å². The second kappa shape index (κ2) is 4.17. The van der Waals surface area contributed by atoms with E-state index in [1.807, 2.05) is 13.0 Å². The summed E-state index contributed by atoms with van der Waals surface area (Å²) in [6.07, 6.45) is 0. The molecule has 0 unspecified atom stereocenters. The average molecular weight is 239 g/mol. The molecule has 0 N–H and O–H groups in total. The maximum Gasteiger partial charge on any atom is 0.204 e. The second-order valence-electron chi connectivity index (χ2n) is 3.23. The topological polar surface area (TPSA) is 40.6 Å². The van der Waals surface area contributed by atoms with Gasteiger partial charge in [0.05, 0.1) is 31.9 Å². The lowest BCUT2D eigenvalue weighted by Gasteiger charge is -2.11. The van der Waals surface area contributed by atoms with Crippen molar-refractivity contribution in [2.45, 2.75) is 6.92 Å². The van der Waals surface area contributed by atoms with E-state index in [1.165, 1.54) is 0 Å².